The fraction of sp³-hybridized carbons (Fsp3) is 0.267. The minimum absolute atomic E-state index is 0.269. The quantitative estimate of drug-likeness (QED) is 0.765. The lowest BCUT2D eigenvalue weighted by molar-refractivity contribution is 0.0964. The number of nitrogens with zero attached hydrogens (tertiary/aromatic N) is 1. The Morgan fingerprint density at radius 3 is 3.00 bits per heavy atom. The van der Waals surface area contributed by atoms with Gasteiger partial charge in [0.1, 0.15) is 0 Å². The van der Waals surface area contributed by atoms with Crippen molar-refractivity contribution in [3.05, 3.63) is 46.6 Å². The van der Waals surface area contributed by atoms with Crippen LogP contribution in [0.25, 0.3) is 10.9 Å². The maximum atomic E-state index is 12.2. The molecule has 2 nitrogen and oxygen atoms in total. The first-order valence-corrected chi connectivity index (χ1v) is 6.96. The van der Waals surface area contributed by atoms with Crippen LogP contribution in [0.4, 0.5) is 0 Å². The zero-order valence-corrected chi connectivity index (χ0v) is 11.7. The Morgan fingerprint density at radius 2 is 2.22 bits per heavy atom. The molecule has 0 amide bonds. The predicted octanol–water partition coefficient (Wildman–Crippen LogP) is 4.11. The second-order valence-electron chi connectivity index (χ2n) is 4.66. The fourth-order valence-corrected chi connectivity index (χ4v) is 3.19. The number of rotatable bonds is 2. The molecular weight excluding hydrogens is 290 g/mol. The molecule has 0 bridgehead atoms. The van der Waals surface area contributed by atoms with Crippen molar-refractivity contribution in [1.82, 2.24) is 4.57 Å². The van der Waals surface area contributed by atoms with E-state index in [9.17, 15) is 4.79 Å². The molecule has 0 unspecified atom stereocenters. The monoisotopic (exact) mass is 303 g/mol. The average Bonchev–Trinajstić information content (AvgIpc) is 2.66. The molecule has 0 atom stereocenters. The summed E-state index contributed by atoms with van der Waals surface area (Å²) >= 11 is 3.51. The molecule has 1 aromatic carbocycles. The summed E-state index contributed by atoms with van der Waals surface area (Å²) in [4.78, 5) is 12.2. The summed E-state index contributed by atoms with van der Waals surface area (Å²) in [6.07, 6.45) is 4.48. The van der Waals surface area contributed by atoms with Crippen LogP contribution in [0.1, 0.15) is 28.9 Å². The third-order valence-electron chi connectivity index (χ3n) is 3.54. The topological polar surface area (TPSA) is 22.0 Å². The van der Waals surface area contributed by atoms with Crippen LogP contribution in [-0.2, 0) is 13.0 Å². The Hall–Kier alpha value is -1.35. The van der Waals surface area contributed by atoms with E-state index >= 15 is 0 Å². The number of carbonyl (C=O) groups is 1. The van der Waals surface area contributed by atoms with E-state index in [0.29, 0.717) is 13.0 Å². The molecule has 0 saturated carbocycles. The molecule has 2 aromatic rings. The standard InChI is InChI=1S/C15H14BrNO/c1-2-8-17-13-7-6-10(16)9-12(13)11-4-3-5-14(18)15(11)17/h2,6-7,9H,1,3-5,8H2. The van der Waals surface area contributed by atoms with Crippen molar-refractivity contribution in [2.24, 2.45) is 0 Å². The van der Waals surface area contributed by atoms with E-state index in [2.05, 4.69) is 39.2 Å². The van der Waals surface area contributed by atoms with Crippen LogP contribution in [0.15, 0.2) is 35.3 Å². The second-order valence-corrected chi connectivity index (χ2v) is 5.58. The van der Waals surface area contributed by atoms with Crippen LogP contribution >= 0.6 is 15.9 Å². The van der Waals surface area contributed by atoms with Gasteiger partial charge in [-0.25, -0.2) is 0 Å². The Morgan fingerprint density at radius 1 is 1.39 bits per heavy atom. The molecule has 1 heterocycles. The van der Waals surface area contributed by atoms with Crippen LogP contribution in [-0.4, -0.2) is 10.4 Å². The van der Waals surface area contributed by atoms with Gasteiger partial charge in [-0.2, -0.15) is 0 Å². The van der Waals surface area contributed by atoms with Crippen LogP contribution in [0.3, 0.4) is 0 Å². The first kappa shape index (κ1) is 11.7. The van der Waals surface area contributed by atoms with Gasteiger partial charge in [0.25, 0.3) is 0 Å². The average molecular weight is 304 g/mol. The van der Waals surface area contributed by atoms with Crippen LogP contribution in [0.5, 0.6) is 0 Å². The number of aryl methyl sites for hydroxylation is 1. The Labute approximate surface area is 114 Å². The van der Waals surface area contributed by atoms with Gasteiger partial charge < -0.3 is 4.57 Å². The molecule has 0 aliphatic heterocycles. The van der Waals surface area contributed by atoms with E-state index in [1.807, 2.05) is 12.1 Å². The van der Waals surface area contributed by atoms with Crippen molar-refractivity contribution in [1.29, 1.82) is 0 Å². The highest BCUT2D eigenvalue weighted by molar-refractivity contribution is 9.10. The number of fused-ring (bicyclic) bond motifs is 3. The van der Waals surface area contributed by atoms with Gasteiger partial charge in [-0.1, -0.05) is 22.0 Å². The van der Waals surface area contributed by atoms with Crippen LogP contribution in [0.2, 0.25) is 0 Å². The zero-order chi connectivity index (χ0) is 12.7. The van der Waals surface area contributed by atoms with Gasteiger partial charge in [-0.3, -0.25) is 4.79 Å². The van der Waals surface area contributed by atoms with E-state index in [1.54, 1.807) is 0 Å². The molecule has 0 radical (unpaired) electrons. The van der Waals surface area contributed by atoms with Gasteiger partial charge in [0.15, 0.2) is 5.78 Å². The van der Waals surface area contributed by atoms with Crippen molar-refractivity contribution in [2.75, 3.05) is 0 Å². The SMILES string of the molecule is C=CCn1c2c(c3cc(Br)ccc31)CCCC2=O. The predicted molar refractivity (Wildman–Crippen MR) is 77.1 cm³/mol. The molecule has 3 rings (SSSR count). The molecule has 3 heteroatoms. The van der Waals surface area contributed by atoms with Gasteiger partial charge in [0.2, 0.25) is 0 Å². The van der Waals surface area contributed by atoms with Gasteiger partial charge in [-0.15, -0.1) is 6.58 Å². The number of carbonyl (C=O) groups excluding carboxylic acids is 1. The van der Waals surface area contributed by atoms with E-state index < -0.39 is 0 Å². The molecule has 92 valence electrons. The molecule has 18 heavy (non-hydrogen) atoms. The van der Waals surface area contributed by atoms with Gasteiger partial charge in [0.05, 0.1) is 5.69 Å². The lowest BCUT2D eigenvalue weighted by Gasteiger charge is -2.13. The normalized spacial score (nSPS) is 14.8. The lowest BCUT2D eigenvalue weighted by atomic mass is 9.94. The van der Waals surface area contributed by atoms with E-state index in [-0.39, 0.29) is 5.78 Å². The maximum Gasteiger partial charge on any atom is 0.179 e. The first-order chi connectivity index (χ1) is 8.72. The highest BCUT2D eigenvalue weighted by Gasteiger charge is 2.25. The van der Waals surface area contributed by atoms with Crippen molar-refractivity contribution < 1.29 is 4.79 Å². The number of hydrogen-bond donors (Lipinski definition) is 0. The van der Waals surface area contributed by atoms with Crippen molar-refractivity contribution in [2.45, 2.75) is 25.8 Å². The van der Waals surface area contributed by atoms with Gasteiger partial charge in [-0.05, 0) is 36.6 Å². The number of Topliss-reactive ketones (excluding diaryl/α,β-unsaturated/α-hetero) is 1. The zero-order valence-electron chi connectivity index (χ0n) is 10.1. The number of aromatic nitrogens is 1. The molecular formula is C15H14BrNO. The minimum atomic E-state index is 0.269. The third kappa shape index (κ3) is 1.65. The van der Waals surface area contributed by atoms with E-state index in [1.165, 1.54) is 10.9 Å². The highest BCUT2D eigenvalue weighted by Crippen LogP contribution is 2.33. The molecule has 0 fully saturated rings. The summed E-state index contributed by atoms with van der Waals surface area (Å²) in [5.41, 5.74) is 3.25. The first-order valence-electron chi connectivity index (χ1n) is 6.17. The summed E-state index contributed by atoms with van der Waals surface area (Å²) in [7, 11) is 0. The minimum Gasteiger partial charge on any atom is -0.334 e. The van der Waals surface area contributed by atoms with E-state index in [0.717, 1.165) is 28.5 Å². The summed E-state index contributed by atoms with van der Waals surface area (Å²) in [5, 5.41) is 1.20. The van der Waals surface area contributed by atoms with Crippen LogP contribution < -0.4 is 0 Å². The molecule has 1 aliphatic rings. The number of hydrogen-bond acceptors (Lipinski definition) is 1. The Bertz CT molecular complexity index is 654. The van der Waals surface area contributed by atoms with Crippen molar-refractivity contribution in [3.8, 4) is 0 Å². The van der Waals surface area contributed by atoms with Crippen molar-refractivity contribution >= 4 is 32.6 Å². The lowest BCUT2D eigenvalue weighted by Crippen LogP contribution is -2.14. The number of halogens is 1. The highest BCUT2D eigenvalue weighted by atomic mass is 79.9. The summed E-state index contributed by atoms with van der Waals surface area (Å²) in [5.74, 6) is 0.269. The molecule has 0 N–H and O–H groups in total. The fourth-order valence-electron chi connectivity index (χ4n) is 2.83. The smallest absolute Gasteiger partial charge is 0.179 e. The Balaban J connectivity index is 2.39. The third-order valence-corrected chi connectivity index (χ3v) is 4.03. The van der Waals surface area contributed by atoms with Gasteiger partial charge >= 0.3 is 0 Å². The van der Waals surface area contributed by atoms with Gasteiger partial charge in [0, 0.05) is 28.3 Å². The summed E-state index contributed by atoms with van der Waals surface area (Å²) < 4.78 is 3.16. The molecule has 1 aliphatic carbocycles. The van der Waals surface area contributed by atoms with Crippen molar-refractivity contribution in [3.63, 3.8) is 0 Å². The summed E-state index contributed by atoms with van der Waals surface area (Å²) in [6.45, 7) is 4.49. The number of benzene rings is 1. The molecule has 1 aromatic heterocycles. The largest absolute Gasteiger partial charge is 0.334 e. The second kappa shape index (κ2) is 4.39. The Kier molecular flexibility index (Phi) is 2.86. The number of ketones is 1. The maximum absolute atomic E-state index is 12.2. The number of allylic oxidation sites excluding steroid dienone is 1. The van der Waals surface area contributed by atoms with E-state index in [4.69, 9.17) is 0 Å². The molecule has 0 saturated heterocycles. The van der Waals surface area contributed by atoms with Crippen LogP contribution in [0, 0.1) is 0 Å². The molecule has 0 spiro atoms. The summed E-state index contributed by atoms with van der Waals surface area (Å²) in [6, 6.07) is 6.22.